The molecule has 1 N–H and O–H groups in total. The van der Waals surface area contributed by atoms with Gasteiger partial charge in [-0.05, 0) is 67.1 Å². The van der Waals surface area contributed by atoms with Crippen LogP contribution in [0.15, 0.2) is 83.5 Å². The lowest BCUT2D eigenvalue weighted by atomic mass is 10.1. The topological polar surface area (TPSA) is 106 Å². The third-order valence-electron chi connectivity index (χ3n) is 5.13. The Bertz CT molecular complexity index is 1330. The van der Waals surface area contributed by atoms with Gasteiger partial charge in [0, 0.05) is 0 Å². The van der Waals surface area contributed by atoms with E-state index in [2.05, 4.69) is 5.10 Å². The number of ether oxygens (including phenoxy) is 2. The highest BCUT2D eigenvalue weighted by Gasteiger charge is 2.29. The second-order valence-corrected chi connectivity index (χ2v) is 7.38. The van der Waals surface area contributed by atoms with Gasteiger partial charge in [-0.3, -0.25) is 4.79 Å². The Hall–Kier alpha value is -4.72. The van der Waals surface area contributed by atoms with Gasteiger partial charge < -0.3 is 14.6 Å². The van der Waals surface area contributed by atoms with Gasteiger partial charge in [0.2, 0.25) is 0 Å². The molecular weight excluding hydrogens is 436 g/mol. The Morgan fingerprint density at radius 2 is 1.65 bits per heavy atom. The number of aromatic carboxylic acids is 1. The lowest BCUT2D eigenvalue weighted by molar-refractivity contribution is -0.114. The SMILES string of the molecule is COc1cc(/C=C2\C(=O)N(c3ccc(C(=O)O)cc3)N=C2C)ccc1OC(=O)c1ccccc1. The number of benzene rings is 3. The predicted octanol–water partition coefficient (Wildman–Crippen LogP) is 4.42. The Morgan fingerprint density at radius 3 is 2.29 bits per heavy atom. The van der Waals surface area contributed by atoms with E-state index in [1.165, 1.54) is 36.4 Å². The summed E-state index contributed by atoms with van der Waals surface area (Å²) in [7, 11) is 1.46. The number of esters is 1. The van der Waals surface area contributed by atoms with Gasteiger partial charge >= 0.3 is 11.9 Å². The molecule has 1 aliphatic rings. The first-order valence-electron chi connectivity index (χ1n) is 10.3. The number of methoxy groups -OCH3 is 1. The maximum Gasteiger partial charge on any atom is 0.343 e. The summed E-state index contributed by atoms with van der Waals surface area (Å²) in [6.45, 7) is 1.71. The molecule has 8 heteroatoms. The maximum atomic E-state index is 13.0. The number of amides is 1. The van der Waals surface area contributed by atoms with Crippen molar-refractivity contribution in [3.05, 3.63) is 95.1 Å². The van der Waals surface area contributed by atoms with E-state index in [1.54, 1.807) is 55.5 Å². The smallest absolute Gasteiger partial charge is 0.343 e. The molecule has 1 heterocycles. The van der Waals surface area contributed by atoms with Crippen molar-refractivity contribution < 1.29 is 29.0 Å². The molecule has 0 saturated heterocycles. The number of hydrogen-bond acceptors (Lipinski definition) is 6. The summed E-state index contributed by atoms with van der Waals surface area (Å²) in [5, 5.41) is 14.6. The first-order valence-corrected chi connectivity index (χ1v) is 10.3. The van der Waals surface area contributed by atoms with Gasteiger partial charge in [-0.2, -0.15) is 10.1 Å². The van der Waals surface area contributed by atoms with Crippen LogP contribution in [-0.4, -0.2) is 35.8 Å². The van der Waals surface area contributed by atoms with Gasteiger partial charge in [-0.25, -0.2) is 9.59 Å². The number of hydrogen-bond donors (Lipinski definition) is 1. The predicted molar refractivity (Wildman–Crippen MR) is 126 cm³/mol. The van der Waals surface area contributed by atoms with Gasteiger partial charge in [-0.1, -0.05) is 24.3 Å². The minimum Gasteiger partial charge on any atom is -0.493 e. The lowest BCUT2D eigenvalue weighted by Gasteiger charge is -2.12. The van der Waals surface area contributed by atoms with Crippen LogP contribution in [0.25, 0.3) is 6.08 Å². The lowest BCUT2D eigenvalue weighted by Crippen LogP contribution is -2.21. The van der Waals surface area contributed by atoms with E-state index >= 15 is 0 Å². The number of rotatable bonds is 6. The van der Waals surface area contributed by atoms with Crippen LogP contribution in [0.2, 0.25) is 0 Å². The highest BCUT2D eigenvalue weighted by Crippen LogP contribution is 2.31. The number of anilines is 1. The molecule has 0 atom stereocenters. The van der Waals surface area contributed by atoms with Crippen molar-refractivity contribution in [3.63, 3.8) is 0 Å². The van der Waals surface area contributed by atoms with Gasteiger partial charge in [0.05, 0.1) is 35.2 Å². The number of hydrazone groups is 1. The monoisotopic (exact) mass is 456 g/mol. The van der Waals surface area contributed by atoms with E-state index in [4.69, 9.17) is 14.6 Å². The van der Waals surface area contributed by atoms with E-state index in [0.717, 1.165) is 0 Å². The Labute approximate surface area is 195 Å². The molecule has 1 aliphatic heterocycles. The van der Waals surface area contributed by atoms with Gasteiger partial charge in [-0.15, -0.1) is 0 Å². The van der Waals surface area contributed by atoms with E-state index in [0.29, 0.717) is 33.8 Å². The Morgan fingerprint density at radius 1 is 0.941 bits per heavy atom. The second-order valence-electron chi connectivity index (χ2n) is 7.38. The molecule has 170 valence electrons. The third-order valence-corrected chi connectivity index (χ3v) is 5.13. The molecule has 3 aromatic rings. The van der Waals surface area contributed by atoms with E-state index in [9.17, 15) is 14.4 Å². The molecule has 0 radical (unpaired) electrons. The van der Waals surface area contributed by atoms with Crippen molar-refractivity contribution in [3.8, 4) is 11.5 Å². The van der Waals surface area contributed by atoms with Crippen LogP contribution in [-0.2, 0) is 4.79 Å². The van der Waals surface area contributed by atoms with Gasteiger partial charge in [0.25, 0.3) is 5.91 Å². The Kier molecular flexibility index (Phi) is 6.22. The minimum absolute atomic E-state index is 0.118. The molecular formula is C26H20N2O6. The van der Waals surface area contributed by atoms with Crippen molar-refractivity contribution in [2.75, 3.05) is 12.1 Å². The fraction of sp³-hybridized carbons (Fsp3) is 0.0769. The third kappa shape index (κ3) is 4.56. The number of nitrogens with zero attached hydrogens (tertiary/aromatic N) is 2. The van der Waals surface area contributed by atoms with Crippen LogP contribution in [0, 0.1) is 0 Å². The van der Waals surface area contributed by atoms with Crippen molar-refractivity contribution in [2.45, 2.75) is 6.92 Å². The summed E-state index contributed by atoms with van der Waals surface area (Å²) in [5.74, 6) is -1.32. The average molecular weight is 456 g/mol. The number of carboxylic acid groups (broad SMARTS) is 1. The Balaban J connectivity index is 1.56. The summed E-state index contributed by atoms with van der Waals surface area (Å²) in [4.78, 5) is 36.4. The van der Waals surface area contributed by atoms with Crippen molar-refractivity contribution in [2.24, 2.45) is 5.10 Å². The minimum atomic E-state index is -1.05. The van der Waals surface area contributed by atoms with Crippen LogP contribution in [0.3, 0.4) is 0 Å². The van der Waals surface area contributed by atoms with E-state index < -0.39 is 11.9 Å². The van der Waals surface area contributed by atoms with Crippen molar-refractivity contribution in [1.29, 1.82) is 0 Å². The highest BCUT2D eigenvalue weighted by atomic mass is 16.6. The zero-order chi connectivity index (χ0) is 24.2. The molecule has 0 aliphatic carbocycles. The van der Waals surface area contributed by atoms with Crippen LogP contribution in [0.5, 0.6) is 11.5 Å². The summed E-state index contributed by atoms with van der Waals surface area (Å²) in [5.41, 5.74) is 2.52. The summed E-state index contributed by atoms with van der Waals surface area (Å²) in [6.07, 6.45) is 1.66. The molecule has 0 bridgehead atoms. The molecule has 4 rings (SSSR count). The fourth-order valence-electron chi connectivity index (χ4n) is 3.36. The molecule has 34 heavy (non-hydrogen) atoms. The first-order chi connectivity index (χ1) is 16.4. The van der Waals surface area contributed by atoms with Crippen molar-refractivity contribution >= 4 is 35.3 Å². The van der Waals surface area contributed by atoms with Crippen molar-refractivity contribution in [1.82, 2.24) is 0 Å². The largest absolute Gasteiger partial charge is 0.493 e. The maximum absolute atomic E-state index is 13.0. The zero-order valence-electron chi connectivity index (χ0n) is 18.4. The fourth-order valence-corrected chi connectivity index (χ4v) is 3.36. The number of carboxylic acids is 1. The highest BCUT2D eigenvalue weighted by molar-refractivity contribution is 6.32. The summed E-state index contributed by atoms with van der Waals surface area (Å²) >= 11 is 0. The van der Waals surface area contributed by atoms with Crippen LogP contribution in [0.4, 0.5) is 5.69 Å². The van der Waals surface area contributed by atoms with E-state index in [-0.39, 0.29) is 17.2 Å². The van der Waals surface area contributed by atoms with Crippen LogP contribution >= 0.6 is 0 Å². The second kappa shape index (κ2) is 9.41. The van der Waals surface area contributed by atoms with E-state index in [1.807, 2.05) is 6.07 Å². The van der Waals surface area contributed by atoms with Gasteiger partial charge in [0.1, 0.15) is 0 Å². The molecule has 3 aromatic carbocycles. The van der Waals surface area contributed by atoms with Crippen LogP contribution in [0.1, 0.15) is 33.2 Å². The molecule has 8 nitrogen and oxygen atoms in total. The molecule has 0 spiro atoms. The normalized spacial score (nSPS) is 14.2. The summed E-state index contributed by atoms with van der Waals surface area (Å²) in [6, 6.07) is 19.5. The zero-order valence-corrected chi connectivity index (χ0v) is 18.4. The molecule has 0 aromatic heterocycles. The average Bonchev–Trinajstić information content (AvgIpc) is 3.13. The standard InChI is InChI=1S/C26H20N2O6/c1-16-21(24(29)28(27-16)20-11-9-18(10-12-20)25(30)31)14-17-8-13-22(23(15-17)33-2)34-26(32)19-6-4-3-5-7-19/h3-15H,1-2H3,(H,30,31)/b21-14-. The molecule has 0 unspecified atom stereocenters. The first kappa shape index (κ1) is 22.5. The quantitative estimate of drug-likeness (QED) is 0.334. The van der Waals surface area contributed by atoms with Crippen LogP contribution < -0.4 is 14.5 Å². The van der Waals surface area contributed by atoms with Gasteiger partial charge in [0.15, 0.2) is 11.5 Å². The molecule has 0 fully saturated rings. The number of carbonyl (C=O) groups excluding carboxylic acids is 2. The molecule has 1 amide bonds. The molecule has 0 saturated carbocycles. The summed E-state index contributed by atoms with van der Waals surface area (Å²) < 4.78 is 10.8. The number of carbonyl (C=O) groups is 3.